The number of hydrazine groups is 1. The number of hydrogen-bond acceptors (Lipinski definition) is 6. The molecule has 0 fully saturated rings. The maximum Gasteiger partial charge on any atom is 0.294 e. The summed E-state index contributed by atoms with van der Waals surface area (Å²) in [5.41, 5.74) is 3.01. The molecule has 5 nitrogen and oxygen atoms in total. The highest BCUT2D eigenvalue weighted by molar-refractivity contribution is 7.11. The van der Waals surface area contributed by atoms with Gasteiger partial charge in [0, 0.05) is 29.4 Å². The Hall–Kier alpha value is -1.28. The molecule has 0 aliphatic rings. The van der Waals surface area contributed by atoms with Crippen LogP contribution >= 0.6 is 22.7 Å². The molecule has 2 heterocycles. The maximum atomic E-state index is 11.4. The molecule has 3 N–H and O–H groups in total. The van der Waals surface area contributed by atoms with E-state index in [2.05, 4.69) is 46.7 Å². The Morgan fingerprint density at radius 3 is 2.85 bits per heavy atom. The third kappa shape index (κ3) is 3.86. The molecule has 2 aromatic heterocycles. The SMILES string of the molecule is CC(C)N(Cc1csc(C(=O)NN)n1)Cc1cccs1. The van der Waals surface area contributed by atoms with E-state index in [4.69, 9.17) is 5.84 Å². The van der Waals surface area contributed by atoms with Crippen LogP contribution in [0.3, 0.4) is 0 Å². The first kappa shape index (κ1) is 15.1. The molecule has 2 aromatic rings. The van der Waals surface area contributed by atoms with E-state index in [1.54, 1.807) is 11.3 Å². The summed E-state index contributed by atoms with van der Waals surface area (Å²) in [4.78, 5) is 19.4. The van der Waals surface area contributed by atoms with Crippen molar-refractivity contribution in [2.75, 3.05) is 0 Å². The van der Waals surface area contributed by atoms with Crippen molar-refractivity contribution in [3.05, 3.63) is 38.5 Å². The van der Waals surface area contributed by atoms with Crippen molar-refractivity contribution in [2.24, 2.45) is 5.84 Å². The summed E-state index contributed by atoms with van der Waals surface area (Å²) >= 11 is 3.07. The van der Waals surface area contributed by atoms with E-state index in [0.717, 1.165) is 18.8 Å². The fourth-order valence-electron chi connectivity index (χ4n) is 1.78. The minimum absolute atomic E-state index is 0.337. The van der Waals surface area contributed by atoms with E-state index in [1.807, 2.05) is 5.38 Å². The van der Waals surface area contributed by atoms with E-state index in [-0.39, 0.29) is 5.91 Å². The second kappa shape index (κ2) is 6.94. The predicted molar refractivity (Wildman–Crippen MR) is 82.5 cm³/mol. The van der Waals surface area contributed by atoms with E-state index in [9.17, 15) is 4.79 Å². The van der Waals surface area contributed by atoms with Crippen LogP contribution in [0.4, 0.5) is 0 Å². The number of thiophene rings is 1. The van der Waals surface area contributed by atoms with Gasteiger partial charge in [0.05, 0.1) is 5.69 Å². The van der Waals surface area contributed by atoms with Crippen LogP contribution in [-0.4, -0.2) is 21.8 Å². The predicted octanol–water partition coefficient (Wildman–Crippen LogP) is 2.22. The molecule has 0 atom stereocenters. The number of thiazole rings is 1. The van der Waals surface area contributed by atoms with Gasteiger partial charge in [0.2, 0.25) is 0 Å². The molecular formula is C13H18N4OS2. The summed E-state index contributed by atoms with van der Waals surface area (Å²) in [6, 6.07) is 4.60. The Kier molecular flexibility index (Phi) is 5.24. The molecule has 0 aromatic carbocycles. The molecule has 0 unspecified atom stereocenters. The molecule has 2 rings (SSSR count). The molecule has 0 radical (unpaired) electrons. The first-order chi connectivity index (χ1) is 9.60. The standard InChI is InChI=1S/C13H18N4OS2/c1-9(2)17(7-11-4-3-5-19-11)6-10-8-20-13(15-10)12(18)16-14/h3-5,8-9H,6-7,14H2,1-2H3,(H,16,18). The maximum absolute atomic E-state index is 11.4. The zero-order valence-electron chi connectivity index (χ0n) is 11.5. The lowest BCUT2D eigenvalue weighted by Gasteiger charge is -2.24. The molecule has 20 heavy (non-hydrogen) atoms. The zero-order chi connectivity index (χ0) is 14.5. The zero-order valence-corrected chi connectivity index (χ0v) is 13.1. The minimum atomic E-state index is -0.337. The van der Waals surface area contributed by atoms with Crippen molar-refractivity contribution in [3.8, 4) is 0 Å². The molecule has 0 saturated carbocycles. The second-order valence-corrected chi connectivity index (χ2v) is 6.59. The molecular weight excluding hydrogens is 292 g/mol. The third-order valence-electron chi connectivity index (χ3n) is 2.91. The van der Waals surface area contributed by atoms with Gasteiger partial charge in [-0.05, 0) is 25.3 Å². The lowest BCUT2D eigenvalue weighted by Crippen LogP contribution is -2.31. The minimum Gasteiger partial charge on any atom is -0.290 e. The van der Waals surface area contributed by atoms with Gasteiger partial charge in [0.1, 0.15) is 0 Å². The highest BCUT2D eigenvalue weighted by Gasteiger charge is 2.15. The lowest BCUT2D eigenvalue weighted by atomic mass is 10.2. The Morgan fingerprint density at radius 1 is 1.45 bits per heavy atom. The van der Waals surface area contributed by atoms with Gasteiger partial charge in [-0.2, -0.15) is 0 Å². The van der Waals surface area contributed by atoms with Crippen molar-refractivity contribution < 1.29 is 4.79 Å². The van der Waals surface area contributed by atoms with Crippen LogP contribution in [0.5, 0.6) is 0 Å². The van der Waals surface area contributed by atoms with E-state index in [0.29, 0.717) is 11.0 Å². The van der Waals surface area contributed by atoms with Crippen LogP contribution in [-0.2, 0) is 13.1 Å². The largest absolute Gasteiger partial charge is 0.294 e. The van der Waals surface area contributed by atoms with Crippen LogP contribution < -0.4 is 11.3 Å². The Labute approximate surface area is 126 Å². The van der Waals surface area contributed by atoms with Gasteiger partial charge in [0.15, 0.2) is 5.01 Å². The highest BCUT2D eigenvalue weighted by atomic mass is 32.1. The normalized spacial score (nSPS) is 11.2. The topological polar surface area (TPSA) is 71.2 Å². The monoisotopic (exact) mass is 310 g/mol. The number of aromatic nitrogens is 1. The summed E-state index contributed by atoms with van der Waals surface area (Å²) in [6.45, 7) is 5.94. The summed E-state index contributed by atoms with van der Waals surface area (Å²) in [5, 5.41) is 4.40. The highest BCUT2D eigenvalue weighted by Crippen LogP contribution is 2.18. The van der Waals surface area contributed by atoms with Crippen molar-refractivity contribution in [1.82, 2.24) is 15.3 Å². The lowest BCUT2D eigenvalue weighted by molar-refractivity contribution is 0.0953. The number of carbonyl (C=O) groups excluding carboxylic acids is 1. The van der Waals surface area contributed by atoms with Crippen LogP contribution in [0, 0.1) is 0 Å². The van der Waals surface area contributed by atoms with E-state index in [1.165, 1.54) is 16.2 Å². The number of nitrogens with two attached hydrogens (primary N) is 1. The van der Waals surface area contributed by atoms with Gasteiger partial charge in [-0.1, -0.05) is 6.07 Å². The molecule has 0 aliphatic carbocycles. The quantitative estimate of drug-likeness (QED) is 0.487. The molecule has 0 spiro atoms. The average Bonchev–Trinajstić information content (AvgIpc) is 3.08. The van der Waals surface area contributed by atoms with Gasteiger partial charge >= 0.3 is 0 Å². The van der Waals surface area contributed by atoms with Crippen LogP contribution in [0.1, 0.15) is 34.2 Å². The van der Waals surface area contributed by atoms with Crippen molar-refractivity contribution in [2.45, 2.75) is 33.0 Å². The number of nitrogens with zero attached hydrogens (tertiary/aromatic N) is 2. The number of hydrogen-bond donors (Lipinski definition) is 2. The number of amides is 1. The Morgan fingerprint density at radius 2 is 2.25 bits per heavy atom. The van der Waals surface area contributed by atoms with Crippen molar-refractivity contribution in [3.63, 3.8) is 0 Å². The van der Waals surface area contributed by atoms with Crippen molar-refractivity contribution in [1.29, 1.82) is 0 Å². The summed E-state index contributed by atoms with van der Waals surface area (Å²) in [7, 11) is 0. The van der Waals surface area contributed by atoms with Crippen molar-refractivity contribution >= 4 is 28.6 Å². The molecule has 0 aliphatic heterocycles. The second-order valence-electron chi connectivity index (χ2n) is 4.70. The molecule has 108 valence electrons. The number of carbonyl (C=O) groups is 1. The van der Waals surface area contributed by atoms with Crippen LogP contribution in [0.2, 0.25) is 0 Å². The third-order valence-corrected chi connectivity index (χ3v) is 4.66. The van der Waals surface area contributed by atoms with Gasteiger partial charge in [-0.15, -0.1) is 22.7 Å². The summed E-state index contributed by atoms with van der Waals surface area (Å²) in [5.74, 6) is 4.77. The molecule has 0 bridgehead atoms. The van der Waals surface area contributed by atoms with E-state index >= 15 is 0 Å². The van der Waals surface area contributed by atoms with Gasteiger partial charge in [0.25, 0.3) is 5.91 Å². The Balaban J connectivity index is 2.04. The van der Waals surface area contributed by atoms with E-state index < -0.39 is 0 Å². The molecule has 7 heteroatoms. The fraction of sp³-hybridized carbons (Fsp3) is 0.385. The number of nitrogen functional groups attached to an aromatic ring is 1. The Bertz CT molecular complexity index is 550. The number of rotatable bonds is 6. The van der Waals surface area contributed by atoms with Gasteiger partial charge in [-0.3, -0.25) is 15.1 Å². The first-order valence-electron chi connectivity index (χ1n) is 6.32. The van der Waals surface area contributed by atoms with Gasteiger partial charge < -0.3 is 0 Å². The smallest absolute Gasteiger partial charge is 0.290 e. The van der Waals surface area contributed by atoms with Crippen LogP contribution in [0.15, 0.2) is 22.9 Å². The molecule has 1 amide bonds. The number of nitrogens with one attached hydrogen (secondary N) is 1. The van der Waals surface area contributed by atoms with Crippen LogP contribution in [0.25, 0.3) is 0 Å². The fourth-order valence-corrected chi connectivity index (χ4v) is 3.22. The van der Waals surface area contributed by atoms with Gasteiger partial charge in [-0.25, -0.2) is 10.8 Å². The summed E-state index contributed by atoms with van der Waals surface area (Å²) in [6.07, 6.45) is 0. The average molecular weight is 310 g/mol. The first-order valence-corrected chi connectivity index (χ1v) is 8.08. The molecule has 0 saturated heterocycles. The summed E-state index contributed by atoms with van der Waals surface area (Å²) < 4.78 is 0.